The Bertz CT molecular complexity index is 434. The van der Waals surface area contributed by atoms with Gasteiger partial charge in [0.15, 0.2) is 0 Å². The molecule has 3 unspecified atom stereocenters. The summed E-state index contributed by atoms with van der Waals surface area (Å²) in [6.07, 6.45) is 6.01. The summed E-state index contributed by atoms with van der Waals surface area (Å²) >= 11 is 0. The first-order valence-electron chi connectivity index (χ1n) is 6.51. The lowest BCUT2D eigenvalue weighted by Gasteiger charge is -2.32. The predicted molar refractivity (Wildman–Crippen MR) is 69.3 cm³/mol. The van der Waals surface area contributed by atoms with Gasteiger partial charge in [0.05, 0.1) is 11.8 Å². The molecule has 1 heterocycles. The maximum Gasteiger partial charge on any atom is 0.253 e. The zero-order valence-electron chi connectivity index (χ0n) is 10.9. The normalized spacial score (nSPS) is 27.8. The van der Waals surface area contributed by atoms with E-state index in [-0.39, 0.29) is 17.7 Å². The molecule has 98 valence electrons. The van der Waals surface area contributed by atoms with Crippen LogP contribution in [0.2, 0.25) is 0 Å². The Hall–Kier alpha value is -1.58. The Morgan fingerprint density at radius 1 is 1.33 bits per heavy atom. The summed E-state index contributed by atoms with van der Waals surface area (Å²) in [5, 5.41) is 12.3. The summed E-state index contributed by atoms with van der Waals surface area (Å²) < 4.78 is 0. The van der Waals surface area contributed by atoms with Gasteiger partial charge in [-0.1, -0.05) is 13.8 Å². The molecule has 1 aromatic rings. The van der Waals surface area contributed by atoms with Gasteiger partial charge in [-0.25, -0.2) is 0 Å². The third kappa shape index (κ3) is 3.00. The van der Waals surface area contributed by atoms with Crippen LogP contribution in [0, 0.1) is 11.8 Å². The molecule has 2 N–H and O–H groups in total. The van der Waals surface area contributed by atoms with E-state index in [1.807, 2.05) is 0 Å². The lowest BCUT2D eigenvalue weighted by molar-refractivity contribution is 0.0910. The van der Waals surface area contributed by atoms with Crippen molar-refractivity contribution in [2.45, 2.75) is 39.2 Å². The summed E-state index contributed by atoms with van der Waals surface area (Å²) in [5.41, 5.74) is 0.418. The van der Waals surface area contributed by atoms with Crippen molar-refractivity contribution in [3.63, 3.8) is 0 Å². The fourth-order valence-electron chi connectivity index (χ4n) is 2.50. The lowest BCUT2D eigenvalue weighted by Crippen LogP contribution is -2.39. The topological polar surface area (TPSA) is 62.2 Å². The minimum Gasteiger partial charge on any atom is -0.506 e. The average molecular weight is 248 g/mol. The summed E-state index contributed by atoms with van der Waals surface area (Å²) in [5.74, 6) is 1.25. The molecule has 1 fully saturated rings. The molecule has 2 rings (SSSR count). The first kappa shape index (κ1) is 12.9. The fourth-order valence-corrected chi connectivity index (χ4v) is 2.50. The highest BCUT2D eigenvalue weighted by Crippen LogP contribution is 2.29. The van der Waals surface area contributed by atoms with Crippen LogP contribution < -0.4 is 5.32 Å². The molecule has 0 aromatic carbocycles. The molecule has 18 heavy (non-hydrogen) atoms. The van der Waals surface area contributed by atoms with Crippen LogP contribution in [0.5, 0.6) is 5.75 Å². The van der Waals surface area contributed by atoms with Gasteiger partial charge < -0.3 is 10.4 Å². The second-order valence-electron chi connectivity index (χ2n) is 5.37. The van der Waals surface area contributed by atoms with E-state index in [1.54, 1.807) is 0 Å². The molecule has 3 atom stereocenters. The van der Waals surface area contributed by atoms with Gasteiger partial charge in [-0.2, -0.15) is 0 Å². The van der Waals surface area contributed by atoms with Crippen LogP contribution in [0.4, 0.5) is 0 Å². The second kappa shape index (κ2) is 5.38. The standard InChI is InChI=1S/C14H20N2O2/c1-9-3-4-12(5-10(9)2)16-14(18)11-6-13(17)8-15-7-11/h6-10,12,17H,3-5H2,1-2H3,(H,16,18). The molecule has 0 bridgehead atoms. The molecule has 1 aromatic heterocycles. The van der Waals surface area contributed by atoms with E-state index in [1.165, 1.54) is 18.5 Å². The Balaban J connectivity index is 1.96. The van der Waals surface area contributed by atoms with Crippen molar-refractivity contribution in [2.24, 2.45) is 11.8 Å². The number of rotatable bonds is 2. The van der Waals surface area contributed by atoms with Crippen LogP contribution in [-0.2, 0) is 0 Å². The van der Waals surface area contributed by atoms with Crippen molar-refractivity contribution in [3.05, 3.63) is 24.0 Å². The van der Waals surface area contributed by atoms with Crippen molar-refractivity contribution in [3.8, 4) is 5.75 Å². The highest BCUT2D eigenvalue weighted by atomic mass is 16.3. The van der Waals surface area contributed by atoms with E-state index in [4.69, 9.17) is 0 Å². The largest absolute Gasteiger partial charge is 0.506 e. The molecule has 1 aliphatic rings. The molecule has 4 heteroatoms. The first-order chi connectivity index (χ1) is 8.56. The second-order valence-corrected chi connectivity index (χ2v) is 5.37. The summed E-state index contributed by atoms with van der Waals surface area (Å²) in [6.45, 7) is 4.50. The summed E-state index contributed by atoms with van der Waals surface area (Å²) in [4.78, 5) is 15.8. The monoisotopic (exact) mass is 248 g/mol. The van der Waals surface area contributed by atoms with E-state index in [0.29, 0.717) is 11.5 Å². The summed E-state index contributed by atoms with van der Waals surface area (Å²) in [7, 11) is 0. The third-order valence-corrected chi connectivity index (χ3v) is 3.92. The SMILES string of the molecule is CC1CCC(NC(=O)c2cncc(O)c2)CC1C. The van der Waals surface area contributed by atoms with Crippen molar-refractivity contribution < 1.29 is 9.90 Å². The minimum atomic E-state index is -0.148. The number of carbonyl (C=O) groups excluding carboxylic acids is 1. The molecule has 0 aliphatic heterocycles. The molecule has 0 spiro atoms. The third-order valence-electron chi connectivity index (χ3n) is 3.92. The van der Waals surface area contributed by atoms with Crippen molar-refractivity contribution in [1.82, 2.24) is 10.3 Å². The van der Waals surface area contributed by atoms with Gasteiger partial charge in [0, 0.05) is 12.2 Å². The van der Waals surface area contributed by atoms with Gasteiger partial charge in [-0.15, -0.1) is 0 Å². The molecular weight excluding hydrogens is 228 g/mol. The van der Waals surface area contributed by atoms with E-state index in [9.17, 15) is 9.90 Å². The van der Waals surface area contributed by atoms with Gasteiger partial charge in [0.25, 0.3) is 5.91 Å². The molecule has 0 saturated heterocycles. The quantitative estimate of drug-likeness (QED) is 0.844. The Kier molecular flexibility index (Phi) is 3.84. The number of hydrogen-bond acceptors (Lipinski definition) is 3. The van der Waals surface area contributed by atoms with Crippen LogP contribution in [0.3, 0.4) is 0 Å². The number of aromatic nitrogens is 1. The van der Waals surface area contributed by atoms with Crippen LogP contribution in [0.15, 0.2) is 18.5 Å². The van der Waals surface area contributed by atoms with E-state index in [2.05, 4.69) is 24.1 Å². The highest BCUT2D eigenvalue weighted by Gasteiger charge is 2.25. The molecule has 4 nitrogen and oxygen atoms in total. The fraction of sp³-hybridized carbons (Fsp3) is 0.571. The first-order valence-corrected chi connectivity index (χ1v) is 6.51. The van der Waals surface area contributed by atoms with E-state index in [0.717, 1.165) is 25.2 Å². The van der Waals surface area contributed by atoms with Crippen LogP contribution in [0.25, 0.3) is 0 Å². The Morgan fingerprint density at radius 2 is 2.11 bits per heavy atom. The van der Waals surface area contributed by atoms with Gasteiger partial charge >= 0.3 is 0 Å². The maximum atomic E-state index is 12.0. The van der Waals surface area contributed by atoms with Gasteiger partial charge in [-0.05, 0) is 37.2 Å². The highest BCUT2D eigenvalue weighted by molar-refractivity contribution is 5.94. The number of nitrogens with one attached hydrogen (secondary N) is 1. The lowest BCUT2D eigenvalue weighted by atomic mass is 9.79. The van der Waals surface area contributed by atoms with Crippen molar-refractivity contribution >= 4 is 5.91 Å². The number of hydrogen-bond donors (Lipinski definition) is 2. The Morgan fingerprint density at radius 3 is 2.78 bits per heavy atom. The van der Waals surface area contributed by atoms with Crippen molar-refractivity contribution in [2.75, 3.05) is 0 Å². The van der Waals surface area contributed by atoms with Gasteiger partial charge in [0.1, 0.15) is 5.75 Å². The van der Waals surface area contributed by atoms with Crippen LogP contribution in [0.1, 0.15) is 43.5 Å². The molecule has 1 amide bonds. The zero-order valence-corrected chi connectivity index (χ0v) is 10.9. The minimum absolute atomic E-state index is 0.0216. The van der Waals surface area contributed by atoms with Crippen molar-refractivity contribution in [1.29, 1.82) is 0 Å². The number of aromatic hydroxyl groups is 1. The smallest absolute Gasteiger partial charge is 0.253 e. The number of amides is 1. The van der Waals surface area contributed by atoms with Gasteiger partial charge in [0.2, 0.25) is 0 Å². The Labute approximate surface area is 107 Å². The van der Waals surface area contributed by atoms with E-state index >= 15 is 0 Å². The van der Waals surface area contributed by atoms with Crippen LogP contribution >= 0.6 is 0 Å². The molecule has 1 aliphatic carbocycles. The van der Waals surface area contributed by atoms with Gasteiger partial charge in [-0.3, -0.25) is 9.78 Å². The average Bonchev–Trinajstić information content (AvgIpc) is 2.34. The van der Waals surface area contributed by atoms with E-state index < -0.39 is 0 Å². The zero-order chi connectivity index (χ0) is 13.1. The summed E-state index contributed by atoms with van der Waals surface area (Å²) in [6, 6.07) is 1.68. The number of nitrogens with zero attached hydrogens (tertiary/aromatic N) is 1. The molecular formula is C14H20N2O2. The maximum absolute atomic E-state index is 12.0. The van der Waals surface area contributed by atoms with Crippen LogP contribution in [-0.4, -0.2) is 22.0 Å². The number of pyridine rings is 1. The predicted octanol–water partition coefficient (Wildman–Crippen LogP) is 2.34. The number of carbonyl (C=O) groups is 1. The molecule has 0 radical (unpaired) electrons. The molecule has 1 saturated carbocycles.